The molecule has 10 nitrogen and oxygen atoms in total. The van der Waals surface area contributed by atoms with E-state index < -0.39 is 14.9 Å². The third-order valence-electron chi connectivity index (χ3n) is 6.59. The number of nitro benzene ring substituents is 1. The number of hydrogen-bond donors (Lipinski definition) is 0. The van der Waals surface area contributed by atoms with Crippen molar-refractivity contribution >= 4 is 32.7 Å². The Morgan fingerprint density at radius 2 is 1.71 bits per heavy atom. The van der Waals surface area contributed by atoms with Crippen molar-refractivity contribution in [3.63, 3.8) is 0 Å². The van der Waals surface area contributed by atoms with Crippen LogP contribution in [0, 0.1) is 10.1 Å². The number of nitrogens with zero attached hydrogens (tertiary/aromatic N) is 5. The number of rotatable bonds is 11. The zero-order valence-corrected chi connectivity index (χ0v) is 23.3. The van der Waals surface area contributed by atoms with E-state index in [0.29, 0.717) is 32.0 Å². The minimum absolute atomic E-state index is 0.0501. The van der Waals surface area contributed by atoms with E-state index in [2.05, 4.69) is 23.3 Å². The number of thiazole rings is 1. The van der Waals surface area contributed by atoms with E-state index in [1.807, 2.05) is 5.38 Å². The molecule has 12 heteroatoms. The standard InChI is InChI=1S/C26H33N5O5S2/c1-3-28(4-2)14-5-15-30-25(21-6-10-23(11-7-21)31(32)33)20-37-26(30)27-22-8-12-24(13-9-22)38(34,35)29-16-18-36-19-17-29/h6-13,20H,3-5,14-19H2,1-2H3. The van der Waals surface area contributed by atoms with Crippen LogP contribution >= 0.6 is 11.3 Å². The van der Waals surface area contributed by atoms with Crippen molar-refractivity contribution < 1.29 is 18.1 Å². The van der Waals surface area contributed by atoms with Gasteiger partial charge in [0.15, 0.2) is 4.80 Å². The molecule has 4 rings (SSSR count). The quantitative estimate of drug-likeness (QED) is 0.258. The van der Waals surface area contributed by atoms with Gasteiger partial charge < -0.3 is 14.2 Å². The zero-order valence-electron chi connectivity index (χ0n) is 21.7. The second-order valence-corrected chi connectivity index (χ2v) is 11.6. The minimum atomic E-state index is -3.57. The summed E-state index contributed by atoms with van der Waals surface area (Å²) in [4.78, 5) is 18.9. The van der Waals surface area contributed by atoms with Crippen LogP contribution in [-0.4, -0.2) is 73.1 Å². The van der Waals surface area contributed by atoms with Crippen LogP contribution in [0.2, 0.25) is 0 Å². The molecular formula is C26H33N5O5S2. The predicted octanol–water partition coefficient (Wildman–Crippen LogP) is 4.11. The summed E-state index contributed by atoms with van der Waals surface area (Å²) in [5.74, 6) is 0. The number of sulfonamides is 1. The van der Waals surface area contributed by atoms with Crippen LogP contribution in [0.5, 0.6) is 0 Å². The van der Waals surface area contributed by atoms with Gasteiger partial charge in [-0.05, 0) is 68.0 Å². The van der Waals surface area contributed by atoms with Crippen LogP contribution in [-0.2, 0) is 21.3 Å². The van der Waals surface area contributed by atoms with Crippen molar-refractivity contribution in [2.24, 2.45) is 4.99 Å². The molecular weight excluding hydrogens is 526 g/mol. The molecule has 1 aliphatic heterocycles. The summed E-state index contributed by atoms with van der Waals surface area (Å²) < 4.78 is 34.8. The summed E-state index contributed by atoms with van der Waals surface area (Å²) in [6, 6.07) is 13.2. The number of non-ortho nitro benzene ring substituents is 1. The van der Waals surface area contributed by atoms with Gasteiger partial charge in [-0.25, -0.2) is 13.4 Å². The molecule has 0 saturated carbocycles. The van der Waals surface area contributed by atoms with Crippen molar-refractivity contribution in [2.75, 3.05) is 45.9 Å². The van der Waals surface area contributed by atoms with Gasteiger partial charge in [0.2, 0.25) is 10.0 Å². The lowest BCUT2D eigenvalue weighted by Gasteiger charge is -2.26. The summed E-state index contributed by atoms with van der Waals surface area (Å²) in [6.07, 6.45) is 0.919. The van der Waals surface area contributed by atoms with E-state index in [0.717, 1.165) is 48.7 Å². The Labute approximate surface area is 227 Å². The van der Waals surface area contributed by atoms with Crippen molar-refractivity contribution in [3.05, 3.63) is 68.8 Å². The molecule has 3 aromatic rings. The van der Waals surface area contributed by atoms with E-state index in [1.54, 1.807) is 36.4 Å². The van der Waals surface area contributed by atoms with Crippen LogP contribution in [0.15, 0.2) is 63.8 Å². The van der Waals surface area contributed by atoms with Gasteiger partial charge in [-0.3, -0.25) is 10.1 Å². The molecule has 1 aliphatic rings. The topological polar surface area (TPSA) is 110 Å². The lowest BCUT2D eigenvalue weighted by molar-refractivity contribution is -0.384. The molecule has 0 spiro atoms. The molecule has 0 aliphatic carbocycles. The van der Waals surface area contributed by atoms with E-state index in [1.165, 1.54) is 27.8 Å². The van der Waals surface area contributed by atoms with Crippen LogP contribution in [0.4, 0.5) is 11.4 Å². The summed E-state index contributed by atoms with van der Waals surface area (Å²) in [7, 11) is -3.57. The maximum Gasteiger partial charge on any atom is 0.269 e. The number of nitro groups is 1. The van der Waals surface area contributed by atoms with Crippen LogP contribution < -0.4 is 4.80 Å². The molecule has 1 saturated heterocycles. The largest absolute Gasteiger partial charge is 0.379 e. The highest BCUT2D eigenvalue weighted by atomic mass is 32.2. The average molecular weight is 560 g/mol. The third kappa shape index (κ3) is 6.56. The Bertz CT molecular complexity index is 1390. The lowest BCUT2D eigenvalue weighted by atomic mass is 10.1. The van der Waals surface area contributed by atoms with Gasteiger partial charge >= 0.3 is 0 Å². The summed E-state index contributed by atoms with van der Waals surface area (Å²) in [6.45, 7) is 9.43. The second-order valence-electron chi connectivity index (χ2n) is 8.86. The van der Waals surface area contributed by atoms with Gasteiger partial charge in [0.25, 0.3) is 5.69 Å². The number of hydrogen-bond acceptors (Lipinski definition) is 8. The normalized spacial score (nSPS) is 15.3. The number of ether oxygens (including phenoxy) is 1. The Kier molecular flexibility index (Phi) is 9.44. The van der Waals surface area contributed by atoms with Gasteiger partial charge in [-0.1, -0.05) is 13.8 Å². The maximum atomic E-state index is 13.0. The molecule has 38 heavy (non-hydrogen) atoms. The minimum Gasteiger partial charge on any atom is -0.379 e. The molecule has 0 atom stereocenters. The molecule has 0 radical (unpaired) electrons. The van der Waals surface area contributed by atoms with E-state index in [-0.39, 0.29) is 10.6 Å². The van der Waals surface area contributed by atoms with E-state index in [4.69, 9.17) is 9.73 Å². The average Bonchev–Trinajstić information content (AvgIpc) is 3.34. The fourth-order valence-corrected chi connectivity index (χ4v) is 6.71. The summed E-state index contributed by atoms with van der Waals surface area (Å²) >= 11 is 1.49. The van der Waals surface area contributed by atoms with Crippen molar-refractivity contribution in [2.45, 2.75) is 31.7 Å². The SMILES string of the molecule is CCN(CC)CCCn1c(-c2ccc([N+](=O)[O-])cc2)csc1=Nc1ccc(S(=O)(=O)N2CCOCC2)cc1. The zero-order chi connectivity index (χ0) is 27.1. The van der Waals surface area contributed by atoms with Gasteiger partial charge in [-0.15, -0.1) is 11.3 Å². The fraction of sp³-hybridized carbons (Fsp3) is 0.423. The lowest BCUT2D eigenvalue weighted by Crippen LogP contribution is -2.40. The summed E-state index contributed by atoms with van der Waals surface area (Å²) in [5, 5.41) is 13.1. The Morgan fingerprint density at radius 3 is 2.32 bits per heavy atom. The van der Waals surface area contributed by atoms with Crippen molar-refractivity contribution in [1.29, 1.82) is 0 Å². The maximum absolute atomic E-state index is 13.0. The molecule has 2 heterocycles. The van der Waals surface area contributed by atoms with Crippen molar-refractivity contribution in [3.8, 4) is 11.3 Å². The van der Waals surface area contributed by atoms with Gasteiger partial charge in [0.05, 0.1) is 34.4 Å². The predicted molar refractivity (Wildman–Crippen MR) is 148 cm³/mol. The first-order chi connectivity index (χ1) is 18.3. The highest BCUT2D eigenvalue weighted by Gasteiger charge is 2.26. The van der Waals surface area contributed by atoms with Gasteiger partial charge in [0, 0.05) is 37.1 Å². The molecule has 2 aromatic carbocycles. The summed E-state index contributed by atoms with van der Waals surface area (Å²) in [5.41, 5.74) is 2.52. The van der Waals surface area contributed by atoms with Crippen LogP contribution in [0.25, 0.3) is 11.3 Å². The smallest absolute Gasteiger partial charge is 0.269 e. The first-order valence-corrected chi connectivity index (χ1v) is 15.0. The molecule has 1 fully saturated rings. The molecule has 0 bridgehead atoms. The fourth-order valence-electron chi connectivity index (χ4n) is 4.35. The Morgan fingerprint density at radius 1 is 1.05 bits per heavy atom. The van der Waals surface area contributed by atoms with Crippen LogP contribution in [0.1, 0.15) is 20.3 Å². The molecule has 204 valence electrons. The molecule has 0 amide bonds. The first-order valence-electron chi connectivity index (χ1n) is 12.7. The van der Waals surface area contributed by atoms with Crippen molar-refractivity contribution in [1.82, 2.24) is 13.8 Å². The highest BCUT2D eigenvalue weighted by molar-refractivity contribution is 7.89. The molecule has 1 aromatic heterocycles. The highest BCUT2D eigenvalue weighted by Crippen LogP contribution is 2.25. The Hall–Kier alpha value is -2.90. The molecule has 0 N–H and O–H groups in total. The Balaban J connectivity index is 1.64. The van der Waals surface area contributed by atoms with Crippen LogP contribution in [0.3, 0.4) is 0 Å². The number of morpholine rings is 1. The van der Waals surface area contributed by atoms with E-state index >= 15 is 0 Å². The third-order valence-corrected chi connectivity index (χ3v) is 9.37. The van der Waals surface area contributed by atoms with E-state index in [9.17, 15) is 18.5 Å². The van der Waals surface area contributed by atoms with Gasteiger partial charge in [0.1, 0.15) is 0 Å². The second kappa shape index (κ2) is 12.8. The number of benzene rings is 2. The molecule has 0 unspecified atom stereocenters. The van der Waals surface area contributed by atoms with Gasteiger partial charge in [-0.2, -0.15) is 4.31 Å². The number of aromatic nitrogens is 1. The first kappa shape index (κ1) is 28.1. The monoisotopic (exact) mass is 559 g/mol.